The van der Waals surface area contributed by atoms with Crippen molar-refractivity contribution in [2.75, 3.05) is 30.4 Å². The number of unbranched alkanes of at least 4 members (excludes halogenated alkanes) is 1. The van der Waals surface area contributed by atoms with E-state index in [9.17, 15) is 4.79 Å². The largest absolute Gasteiger partial charge is 0.355 e. The number of aromatic nitrogens is 5. The summed E-state index contributed by atoms with van der Waals surface area (Å²) in [7, 11) is 1.62. The topological polar surface area (TPSA) is 127 Å². The molecule has 1 saturated carbocycles. The monoisotopic (exact) mass is 447 g/mol. The molecule has 33 heavy (non-hydrogen) atoms. The van der Waals surface area contributed by atoms with Crippen LogP contribution in [0.5, 0.6) is 0 Å². The van der Waals surface area contributed by atoms with E-state index in [0.717, 1.165) is 50.0 Å². The van der Waals surface area contributed by atoms with Crippen LogP contribution in [0.4, 0.5) is 17.6 Å². The molecule has 0 unspecified atom stereocenters. The number of anilines is 3. The summed E-state index contributed by atoms with van der Waals surface area (Å²) in [5.41, 5.74) is 2.39. The highest BCUT2D eigenvalue weighted by molar-refractivity contribution is 5.96. The third-order valence-electron chi connectivity index (χ3n) is 6.60. The molecule has 0 radical (unpaired) electrons. The first-order valence-electron chi connectivity index (χ1n) is 11.7. The number of aromatic amines is 1. The van der Waals surface area contributed by atoms with Crippen molar-refractivity contribution in [1.82, 2.24) is 30.1 Å². The first-order valence-corrected chi connectivity index (χ1v) is 11.7. The van der Waals surface area contributed by atoms with E-state index in [4.69, 9.17) is 15.3 Å². The van der Waals surface area contributed by atoms with Gasteiger partial charge in [-0.1, -0.05) is 0 Å². The molecule has 5 rings (SSSR count). The number of nitrogens with zero attached hydrogens (tertiary/aromatic N) is 6. The fourth-order valence-electron chi connectivity index (χ4n) is 4.50. The molecule has 3 aromatic heterocycles. The molecule has 3 aromatic rings. The van der Waals surface area contributed by atoms with Gasteiger partial charge in [-0.25, -0.2) is 4.52 Å². The Labute approximate surface area is 192 Å². The molecule has 2 fully saturated rings. The zero-order valence-corrected chi connectivity index (χ0v) is 18.8. The maximum absolute atomic E-state index is 12.2. The van der Waals surface area contributed by atoms with Crippen molar-refractivity contribution in [2.24, 2.45) is 5.92 Å². The molecule has 2 aliphatic rings. The number of hydrogen-bond donors (Lipinski definition) is 3. The number of nitriles is 1. The number of amides is 1. The summed E-state index contributed by atoms with van der Waals surface area (Å²) in [6, 6.07) is 6.06. The van der Waals surface area contributed by atoms with Crippen LogP contribution in [-0.2, 0) is 0 Å². The van der Waals surface area contributed by atoms with Crippen LogP contribution in [0.25, 0.3) is 5.52 Å². The minimum atomic E-state index is -0.165. The van der Waals surface area contributed by atoms with Crippen LogP contribution in [0.1, 0.15) is 66.9 Å². The molecule has 1 aliphatic heterocycles. The van der Waals surface area contributed by atoms with Gasteiger partial charge in [0.15, 0.2) is 11.6 Å². The summed E-state index contributed by atoms with van der Waals surface area (Å²) in [5, 5.41) is 27.0. The number of hydrogen-bond acceptors (Lipinski definition) is 7. The standard InChI is InChI=1S/C23H29N9O/c1-25-22(33)17-12-19-21(26-20-13-18(28-29-20)16-5-6-16)27-23(30-32(19)14-17)31-10-7-15(8-11-31)4-2-3-9-24/h12-16H,2-8,10-11H2,1H3,(H,25,33)(H2,26,27,28,29,30). The van der Waals surface area contributed by atoms with Crippen LogP contribution in [0.2, 0.25) is 0 Å². The van der Waals surface area contributed by atoms with E-state index >= 15 is 0 Å². The van der Waals surface area contributed by atoms with Gasteiger partial charge in [-0.2, -0.15) is 15.3 Å². The van der Waals surface area contributed by atoms with Crippen LogP contribution < -0.4 is 15.5 Å². The zero-order chi connectivity index (χ0) is 22.8. The fourth-order valence-corrected chi connectivity index (χ4v) is 4.50. The molecule has 1 aliphatic carbocycles. The Morgan fingerprint density at radius 2 is 2.09 bits per heavy atom. The highest BCUT2D eigenvalue weighted by atomic mass is 16.1. The van der Waals surface area contributed by atoms with E-state index in [0.29, 0.717) is 41.4 Å². The highest BCUT2D eigenvalue weighted by Crippen LogP contribution is 2.39. The normalized spacial score (nSPS) is 16.7. The molecule has 4 heterocycles. The van der Waals surface area contributed by atoms with Gasteiger partial charge in [-0.3, -0.25) is 9.89 Å². The van der Waals surface area contributed by atoms with Gasteiger partial charge >= 0.3 is 0 Å². The lowest BCUT2D eigenvalue weighted by Crippen LogP contribution is -2.35. The predicted octanol–water partition coefficient (Wildman–Crippen LogP) is 3.34. The fraction of sp³-hybridized carbons (Fsp3) is 0.522. The van der Waals surface area contributed by atoms with Crippen molar-refractivity contribution in [1.29, 1.82) is 5.26 Å². The van der Waals surface area contributed by atoms with Gasteiger partial charge in [-0.15, -0.1) is 5.10 Å². The van der Waals surface area contributed by atoms with Crippen LogP contribution in [0.3, 0.4) is 0 Å². The van der Waals surface area contributed by atoms with E-state index in [1.54, 1.807) is 23.8 Å². The van der Waals surface area contributed by atoms with E-state index in [1.807, 2.05) is 6.07 Å². The molecule has 0 bridgehead atoms. The molecular formula is C23H29N9O. The average Bonchev–Trinajstić information content (AvgIpc) is 3.42. The molecule has 0 spiro atoms. The molecule has 10 nitrogen and oxygen atoms in total. The summed E-state index contributed by atoms with van der Waals surface area (Å²) in [6.07, 6.45) is 8.96. The second kappa shape index (κ2) is 9.10. The third-order valence-corrected chi connectivity index (χ3v) is 6.60. The van der Waals surface area contributed by atoms with Crippen molar-refractivity contribution in [2.45, 2.75) is 50.9 Å². The molecular weight excluding hydrogens is 418 g/mol. The summed E-state index contributed by atoms with van der Waals surface area (Å²) < 4.78 is 1.72. The summed E-state index contributed by atoms with van der Waals surface area (Å²) in [4.78, 5) is 19.3. The number of carbonyl (C=O) groups excluding carboxylic acids is 1. The molecule has 0 atom stereocenters. The van der Waals surface area contributed by atoms with Gasteiger partial charge in [-0.05, 0) is 50.5 Å². The molecule has 1 amide bonds. The lowest BCUT2D eigenvalue weighted by molar-refractivity contribution is 0.0963. The second-order valence-electron chi connectivity index (χ2n) is 8.99. The third kappa shape index (κ3) is 4.62. The Morgan fingerprint density at radius 1 is 1.27 bits per heavy atom. The zero-order valence-electron chi connectivity index (χ0n) is 18.8. The Bertz CT molecular complexity index is 1180. The van der Waals surface area contributed by atoms with Crippen molar-refractivity contribution in [3.05, 3.63) is 29.6 Å². The number of carbonyl (C=O) groups is 1. The molecule has 3 N–H and O–H groups in total. The molecule has 10 heteroatoms. The number of nitrogens with one attached hydrogen (secondary N) is 3. The van der Waals surface area contributed by atoms with Crippen molar-refractivity contribution in [3.63, 3.8) is 0 Å². The van der Waals surface area contributed by atoms with E-state index in [-0.39, 0.29) is 5.91 Å². The van der Waals surface area contributed by atoms with E-state index < -0.39 is 0 Å². The molecule has 172 valence electrons. The number of H-pyrrole nitrogens is 1. The van der Waals surface area contributed by atoms with Crippen molar-refractivity contribution < 1.29 is 4.79 Å². The first-order chi connectivity index (χ1) is 16.1. The number of fused-ring (bicyclic) bond motifs is 1. The van der Waals surface area contributed by atoms with Crippen LogP contribution in [-0.4, -0.2) is 50.8 Å². The Balaban J connectivity index is 1.40. The van der Waals surface area contributed by atoms with Crippen LogP contribution in [0.15, 0.2) is 18.3 Å². The summed E-state index contributed by atoms with van der Waals surface area (Å²) in [5.74, 6) is 3.03. The second-order valence-corrected chi connectivity index (χ2v) is 8.99. The maximum atomic E-state index is 12.2. The quantitative estimate of drug-likeness (QED) is 0.452. The van der Waals surface area contributed by atoms with Gasteiger partial charge < -0.3 is 15.5 Å². The van der Waals surface area contributed by atoms with Crippen molar-refractivity contribution >= 4 is 29.0 Å². The van der Waals surface area contributed by atoms with Crippen LogP contribution in [0, 0.1) is 17.2 Å². The van der Waals surface area contributed by atoms with E-state index in [1.165, 1.54) is 12.8 Å². The summed E-state index contributed by atoms with van der Waals surface area (Å²) in [6.45, 7) is 1.75. The molecule has 0 aromatic carbocycles. The SMILES string of the molecule is CNC(=O)c1cc2c(Nc3cc(C4CC4)[nH]n3)nc(N3CCC(CCCC#N)CC3)nn2c1. The van der Waals surface area contributed by atoms with Gasteiger partial charge in [0.05, 0.1) is 11.6 Å². The minimum absolute atomic E-state index is 0.165. The Hall–Kier alpha value is -3.61. The van der Waals surface area contributed by atoms with Gasteiger partial charge in [0.1, 0.15) is 5.52 Å². The summed E-state index contributed by atoms with van der Waals surface area (Å²) >= 11 is 0. The van der Waals surface area contributed by atoms with E-state index in [2.05, 4.69) is 31.8 Å². The molecule has 1 saturated heterocycles. The Morgan fingerprint density at radius 3 is 2.82 bits per heavy atom. The number of piperidine rings is 1. The van der Waals surface area contributed by atoms with Gasteiger partial charge in [0, 0.05) is 50.4 Å². The highest BCUT2D eigenvalue weighted by Gasteiger charge is 2.26. The first kappa shape index (κ1) is 21.2. The lowest BCUT2D eigenvalue weighted by Gasteiger charge is -2.32. The smallest absolute Gasteiger partial charge is 0.252 e. The van der Waals surface area contributed by atoms with Gasteiger partial charge in [0.25, 0.3) is 5.91 Å². The minimum Gasteiger partial charge on any atom is -0.355 e. The predicted molar refractivity (Wildman–Crippen MR) is 125 cm³/mol. The van der Waals surface area contributed by atoms with Crippen molar-refractivity contribution in [3.8, 4) is 6.07 Å². The lowest BCUT2D eigenvalue weighted by atomic mass is 9.92. The number of rotatable bonds is 8. The average molecular weight is 448 g/mol. The Kier molecular flexibility index (Phi) is 5.86. The maximum Gasteiger partial charge on any atom is 0.252 e. The van der Waals surface area contributed by atoms with Crippen LogP contribution >= 0.6 is 0 Å². The van der Waals surface area contributed by atoms with Gasteiger partial charge in [0.2, 0.25) is 5.95 Å².